The number of carbonyl (C=O) groups is 1. The molecule has 0 fully saturated rings. The molecule has 0 radical (unpaired) electrons. The van der Waals surface area contributed by atoms with E-state index in [9.17, 15) is 9.18 Å². The van der Waals surface area contributed by atoms with Crippen LogP contribution in [-0.2, 0) is 22.5 Å². The minimum Gasteiger partial charge on any atom is -0.497 e. The Morgan fingerprint density at radius 2 is 1.96 bits per heavy atom. The molecule has 0 spiro atoms. The second-order valence-electron chi connectivity index (χ2n) is 5.53. The maximum absolute atomic E-state index is 14.0. The van der Waals surface area contributed by atoms with Gasteiger partial charge in [-0.25, -0.2) is 9.18 Å². The molecule has 138 valence electrons. The second kappa shape index (κ2) is 9.97. The van der Waals surface area contributed by atoms with Gasteiger partial charge in [-0.15, -0.1) is 0 Å². The third kappa shape index (κ3) is 5.88. The van der Waals surface area contributed by atoms with E-state index in [1.54, 1.807) is 32.4 Å². The predicted molar refractivity (Wildman–Crippen MR) is 102 cm³/mol. The van der Waals surface area contributed by atoms with E-state index < -0.39 is 5.97 Å². The number of esters is 1. The molecule has 2 aromatic rings. The van der Waals surface area contributed by atoms with Gasteiger partial charge in [0.15, 0.2) is 0 Å². The lowest BCUT2D eigenvalue weighted by molar-refractivity contribution is -0.138. The Hall–Kier alpha value is -2.34. The highest BCUT2D eigenvalue weighted by atomic mass is 79.9. The van der Waals surface area contributed by atoms with E-state index >= 15 is 0 Å². The van der Waals surface area contributed by atoms with E-state index in [0.717, 1.165) is 15.8 Å². The fourth-order valence-electron chi connectivity index (χ4n) is 2.33. The van der Waals surface area contributed by atoms with Gasteiger partial charge in [-0.2, -0.15) is 0 Å². The van der Waals surface area contributed by atoms with Crippen LogP contribution in [0.2, 0.25) is 0 Å². The van der Waals surface area contributed by atoms with Crippen LogP contribution in [0.25, 0.3) is 0 Å². The van der Waals surface area contributed by atoms with Gasteiger partial charge in [-0.05, 0) is 48.4 Å². The van der Waals surface area contributed by atoms with Crippen LogP contribution in [0, 0.1) is 5.82 Å². The Morgan fingerprint density at radius 3 is 2.62 bits per heavy atom. The molecule has 4 nitrogen and oxygen atoms in total. The number of halogens is 2. The molecule has 2 rings (SSSR count). The van der Waals surface area contributed by atoms with Gasteiger partial charge in [-0.1, -0.05) is 28.1 Å². The lowest BCUT2D eigenvalue weighted by Gasteiger charge is -2.10. The Labute approximate surface area is 161 Å². The zero-order chi connectivity index (χ0) is 18.9. The Morgan fingerprint density at radius 1 is 1.23 bits per heavy atom. The van der Waals surface area contributed by atoms with E-state index in [4.69, 9.17) is 9.47 Å². The standard InChI is InChI=1S/C20H21BrFNO3/c1-3-26-20(24)16(10-15-11-17(21)6-9-19(15)22)13-23-12-14-4-7-18(25-2)8-5-14/h4-9,11,13,23H,3,10,12H2,1-2H3. The molecule has 0 saturated heterocycles. The van der Waals surface area contributed by atoms with Crippen molar-refractivity contribution in [1.82, 2.24) is 5.32 Å². The fourth-order valence-corrected chi connectivity index (χ4v) is 2.73. The van der Waals surface area contributed by atoms with Crippen molar-refractivity contribution in [3.05, 3.63) is 75.7 Å². The largest absolute Gasteiger partial charge is 0.497 e. The topological polar surface area (TPSA) is 47.6 Å². The summed E-state index contributed by atoms with van der Waals surface area (Å²) in [5.41, 5.74) is 1.81. The highest BCUT2D eigenvalue weighted by molar-refractivity contribution is 9.10. The lowest BCUT2D eigenvalue weighted by Crippen LogP contribution is -2.15. The summed E-state index contributed by atoms with van der Waals surface area (Å²) in [4.78, 5) is 12.2. The van der Waals surface area contributed by atoms with Gasteiger partial charge in [0.1, 0.15) is 11.6 Å². The number of ether oxygens (including phenoxy) is 2. The van der Waals surface area contributed by atoms with Crippen molar-refractivity contribution in [2.75, 3.05) is 13.7 Å². The first-order valence-electron chi connectivity index (χ1n) is 8.20. The van der Waals surface area contributed by atoms with Gasteiger partial charge in [0.25, 0.3) is 0 Å². The summed E-state index contributed by atoms with van der Waals surface area (Å²) >= 11 is 3.32. The first kappa shape index (κ1) is 20.0. The number of nitrogens with one attached hydrogen (secondary N) is 1. The molecule has 0 saturated carbocycles. The predicted octanol–water partition coefficient (Wildman–Crippen LogP) is 4.38. The Bertz CT molecular complexity index is 775. The third-order valence-corrected chi connectivity index (χ3v) is 4.16. The molecule has 6 heteroatoms. The maximum atomic E-state index is 14.0. The lowest BCUT2D eigenvalue weighted by atomic mass is 10.1. The van der Waals surface area contributed by atoms with Crippen molar-refractivity contribution in [3.63, 3.8) is 0 Å². The molecule has 0 aromatic heterocycles. The van der Waals surface area contributed by atoms with E-state index in [-0.39, 0.29) is 18.8 Å². The summed E-state index contributed by atoms with van der Waals surface area (Å²) in [7, 11) is 1.61. The van der Waals surface area contributed by atoms with E-state index in [1.807, 2.05) is 24.3 Å². The van der Waals surface area contributed by atoms with Gasteiger partial charge in [0.2, 0.25) is 0 Å². The second-order valence-corrected chi connectivity index (χ2v) is 6.45. The monoisotopic (exact) mass is 421 g/mol. The van der Waals surface area contributed by atoms with E-state index in [2.05, 4.69) is 21.2 Å². The molecular weight excluding hydrogens is 401 g/mol. The smallest absolute Gasteiger partial charge is 0.335 e. The van der Waals surface area contributed by atoms with Crippen LogP contribution in [0.5, 0.6) is 5.75 Å². The van der Waals surface area contributed by atoms with Crippen LogP contribution < -0.4 is 10.1 Å². The molecule has 0 heterocycles. The summed E-state index contributed by atoms with van der Waals surface area (Å²) in [5, 5.41) is 3.10. The average molecular weight is 422 g/mol. The van der Waals surface area contributed by atoms with Crippen molar-refractivity contribution in [2.45, 2.75) is 19.9 Å². The van der Waals surface area contributed by atoms with Crippen molar-refractivity contribution < 1.29 is 18.7 Å². The zero-order valence-electron chi connectivity index (χ0n) is 14.7. The molecule has 0 unspecified atom stereocenters. The quantitative estimate of drug-likeness (QED) is 0.507. The maximum Gasteiger partial charge on any atom is 0.335 e. The minimum atomic E-state index is -0.464. The minimum absolute atomic E-state index is 0.139. The van der Waals surface area contributed by atoms with Crippen LogP contribution >= 0.6 is 15.9 Å². The molecule has 26 heavy (non-hydrogen) atoms. The van der Waals surface area contributed by atoms with E-state index in [1.165, 1.54) is 6.07 Å². The first-order chi connectivity index (χ1) is 12.5. The van der Waals surface area contributed by atoms with Gasteiger partial charge < -0.3 is 14.8 Å². The van der Waals surface area contributed by atoms with Gasteiger partial charge in [-0.3, -0.25) is 0 Å². The first-order valence-corrected chi connectivity index (χ1v) is 8.99. The normalized spacial score (nSPS) is 11.2. The molecule has 0 atom stereocenters. The highest BCUT2D eigenvalue weighted by Crippen LogP contribution is 2.19. The van der Waals surface area contributed by atoms with Crippen molar-refractivity contribution in [2.24, 2.45) is 0 Å². The third-order valence-electron chi connectivity index (χ3n) is 3.67. The summed E-state index contributed by atoms with van der Waals surface area (Å²) in [6, 6.07) is 12.2. The molecule has 0 aliphatic rings. The van der Waals surface area contributed by atoms with Crippen LogP contribution in [0.3, 0.4) is 0 Å². The summed E-state index contributed by atoms with van der Waals surface area (Å²) in [6.07, 6.45) is 1.72. The average Bonchev–Trinajstić information content (AvgIpc) is 2.64. The van der Waals surface area contributed by atoms with Crippen LogP contribution in [0.4, 0.5) is 4.39 Å². The van der Waals surface area contributed by atoms with Crippen LogP contribution in [-0.4, -0.2) is 19.7 Å². The summed E-state index contributed by atoms with van der Waals surface area (Å²) in [6.45, 7) is 2.52. The fraction of sp³-hybridized carbons (Fsp3) is 0.250. The van der Waals surface area contributed by atoms with Gasteiger partial charge in [0, 0.05) is 23.6 Å². The summed E-state index contributed by atoms with van der Waals surface area (Å²) < 4.78 is 25.0. The SMILES string of the molecule is CCOC(=O)C(=CNCc1ccc(OC)cc1)Cc1cc(Br)ccc1F. The van der Waals surface area contributed by atoms with Crippen molar-refractivity contribution in [3.8, 4) is 5.75 Å². The number of methoxy groups -OCH3 is 1. The highest BCUT2D eigenvalue weighted by Gasteiger charge is 2.14. The number of benzene rings is 2. The van der Waals surface area contributed by atoms with Crippen molar-refractivity contribution in [1.29, 1.82) is 0 Å². The van der Waals surface area contributed by atoms with Crippen LogP contribution in [0.1, 0.15) is 18.1 Å². The molecule has 0 amide bonds. The molecule has 1 N–H and O–H groups in total. The molecule has 0 aliphatic carbocycles. The number of rotatable bonds is 8. The number of hydrogen-bond acceptors (Lipinski definition) is 4. The van der Waals surface area contributed by atoms with Gasteiger partial charge in [0.05, 0.1) is 19.3 Å². The molecular formula is C20H21BrFNO3. The molecule has 2 aromatic carbocycles. The summed E-state index contributed by atoms with van der Waals surface area (Å²) in [5.74, 6) is -0.0470. The number of carbonyl (C=O) groups excluding carboxylic acids is 1. The van der Waals surface area contributed by atoms with Crippen LogP contribution in [0.15, 0.2) is 58.7 Å². The Balaban J connectivity index is 2.11. The van der Waals surface area contributed by atoms with Gasteiger partial charge >= 0.3 is 5.97 Å². The Kier molecular flexibility index (Phi) is 7.66. The molecule has 0 aliphatic heterocycles. The molecule has 0 bridgehead atoms. The van der Waals surface area contributed by atoms with E-state index in [0.29, 0.717) is 17.7 Å². The number of hydrogen-bond donors (Lipinski definition) is 1. The zero-order valence-corrected chi connectivity index (χ0v) is 16.3. The van der Waals surface area contributed by atoms with Crippen molar-refractivity contribution >= 4 is 21.9 Å².